The molecule has 0 saturated heterocycles. The largest absolute Gasteiger partial charge is 0.330 e. The van der Waals surface area contributed by atoms with Gasteiger partial charge in [-0.3, -0.25) is 4.79 Å². The van der Waals surface area contributed by atoms with Crippen molar-refractivity contribution < 1.29 is 4.79 Å². The van der Waals surface area contributed by atoms with Crippen LogP contribution >= 0.6 is 0 Å². The number of hydrogen-bond acceptors (Lipinski definition) is 3. The number of rotatable bonds is 6. The van der Waals surface area contributed by atoms with Gasteiger partial charge in [0.05, 0.1) is 0 Å². The van der Waals surface area contributed by atoms with E-state index in [1.165, 1.54) is 0 Å². The van der Waals surface area contributed by atoms with Gasteiger partial charge in [0.25, 0.3) is 0 Å². The number of Topliss-reactive ketones (excluding diaryl/α,β-unsaturated/α-hetero) is 1. The van der Waals surface area contributed by atoms with Crippen LogP contribution in [0.1, 0.15) is 37.3 Å². The minimum Gasteiger partial charge on any atom is -0.330 e. The van der Waals surface area contributed by atoms with Crippen molar-refractivity contribution in [3.8, 4) is 0 Å². The summed E-state index contributed by atoms with van der Waals surface area (Å²) in [5.41, 5.74) is 5.49. The van der Waals surface area contributed by atoms with Crippen LogP contribution in [0.3, 0.4) is 0 Å². The summed E-state index contributed by atoms with van der Waals surface area (Å²) in [5.74, 6) is 0.882. The summed E-state index contributed by atoms with van der Waals surface area (Å²) in [6, 6.07) is 0. The van der Waals surface area contributed by atoms with Gasteiger partial charge in [-0.05, 0) is 18.9 Å². The lowest BCUT2D eigenvalue weighted by molar-refractivity contribution is 0.0951. The molecular formula is C11H19N3O. The predicted octanol–water partition coefficient (Wildman–Crippen LogP) is 1.46. The van der Waals surface area contributed by atoms with Gasteiger partial charge in [-0.1, -0.05) is 13.8 Å². The first kappa shape index (κ1) is 11.9. The van der Waals surface area contributed by atoms with Crippen molar-refractivity contribution in [2.45, 2.75) is 33.2 Å². The minimum atomic E-state index is 0.0893. The van der Waals surface area contributed by atoms with Gasteiger partial charge in [0, 0.05) is 25.4 Å². The van der Waals surface area contributed by atoms with E-state index in [0.29, 0.717) is 18.8 Å². The Morgan fingerprint density at radius 1 is 1.67 bits per heavy atom. The fourth-order valence-electron chi connectivity index (χ4n) is 1.47. The van der Waals surface area contributed by atoms with Crippen molar-refractivity contribution in [1.82, 2.24) is 9.55 Å². The second kappa shape index (κ2) is 5.66. The van der Waals surface area contributed by atoms with Crippen molar-refractivity contribution in [3.63, 3.8) is 0 Å². The quantitative estimate of drug-likeness (QED) is 0.721. The number of aromatic nitrogens is 2. The molecule has 0 aliphatic heterocycles. The third-order valence-corrected chi connectivity index (χ3v) is 2.37. The van der Waals surface area contributed by atoms with Gasteiger partial charge in [0.2, 0.25) is 0 Å². The first-order chi connectivity index (χ1) is 7.19. The van der Waals surface area contributed by atoms with E-state index in [4.69, 9.17) is 5.73 Å². The SMILES string of the molecule is CCCn1ccnc1C(=O)CC(C)CN. The number of ketones is 1. The van der Waals surface area contributed by atoms with Crippen LogP contribution in [-0.4, -0.2) is 21.9 Å². The molecule has 1 unspecified atom stereocenters. The average Bonchev–Trinajstić information content (AvgIpc) is 2.66. The van der Waals surface area contributed by atoms with Crippen molar-refractivity contribution >= 4 is 5.78 Å². The lowest BCUT2D eigenvalue weighted by Gasteiger charge is -2.08. The molecule has 84 valence electrons. The maximum Gasteiger partial charge on any atom is 0.198 e. The minimum absolute atomic E-state index is 0.0893. The molecule has 1 aromatic rings. The molecule has 1 atom stereocenters. The molecule has 1 rings (SSSR count). The van der Waals surface area contributed by atoms with Gasteiger partial charge in [0.1, 0.15) is 0 Å². The average molecular weight is 209 g/mol. The Morgan fingerprint density at radius 3 is 3.00 bits per heavy atom. The second-order valence-electron chi connectivity index (χ2n) is 3.91. The van der Waals surface area contributed by atoms with Crippen LogP contribution in [0, 0.1) is 5.92 Å². The van der Waals surface area contributed by atoms with Crippen LogP contribution in [0.4, 0.5) is 0 Å². The van der Waals surface area contributed by atoms with Crippen molar-refractivity contribution in [2.24, 2.45) is 11.7 Å². The fourth-order valence-corrected chi connectivity index (χ4v) is 1.47. The Hall–Kier alpha value is -1.16. The first-order valence-electron chi connectivity index (χ1n) is 5.43. The molecule has 0 spiro atoms. The lowest BCUT2D eigenvalue weighted by atomic mass is 10.0. The zero-order chi connectivity index (χ0) is 11.3. The molecule has 4 nitrogen and oxygen atoms in total. The Morgan fingerprint density at radius 2 is 2.40 bits per heavy atom. The molecular weight excluding hydrogens is 190 g/mol. The number of hydrogen-bond donors (Lipinski definition) is 1. The third-order valence-electron chi connectivity index (χ3n) is 2.37. The highest BCUT2D eigenvalue weighted by Crippen LogP contribution is 2.08. The number of nitrogens with two attached hydrogens (primary N) is 1. The summed E-state index contributed by atoms with van der Waals surface area (Å²) in [7, 11) is 0. The van der Waals surface area contributed by atoms with E-state index in [0.717, 1.165) is 13.0 Å². The zero-order valence-electron chi connectivity index (χ0n) is 9.44. The Balaban J connectivity index is 2.68. The molecule has 1 aromatic heterocycles. The summed E-state index contributed by atoms with van der Waals surface area (Å²) >= 11 is 0. The molecule has 0 fully saturated rings. The summed E-state index contributed by atoms with van der Waals surface area (Å²) in [6.07, 6.45) is 5.01. The van der Waals surface area contributed by atoms with Crippen LogP contribution < -0.4 is 5.73 Å². The summed E-state index contributed by atoms with van der Waals surface area (Å²) in [6.45, 7) is 5.44. The molecule has 0 aromatic carbocycles. The maximum atomic E-state index is 11.8. The highest BCUT2D eigenvalue weighted by molar-refractivity contribution is 5.92. The second-order valence-corrected chi connectivity index (χ2v) is 3.91. The Labute approximate surface area is 90.5 Å². The summed E-state index contributed by atoms with van der Waals surface area (Å²) in [4.78, 5) is 15.9. The van der Waals surface area contributed by atoms with Gasteiger partial charge >= 0.3 is 0 Å². The molecule has 15 heavy (non-hydrogen) atoms. The first-order valence-corrected chi connectivity index (χ1v) is 5.43. The summed E-state index contributed by atoms with van der Waals surface area (Å²) in [5, 5.41) is 0. The van der Waals surface area contributed by atoms with Crippen molar-refractivity contribution in [2.75, 3.05) is 6.54 Å². The van der Waals surface area contributed by atoms with Gasteiger partial charge in [-0.15, -0.1) is 0 Å². The van der Waals surface area contributed by atoms with E-state index in [1.807, 2.05) is 17.7 Å². The zero-order valence-corrected chi connectivity index (χ0v) is 9.44. The number of aryl methyl sites for hydroxylation is 1. The van der Waals surface area contributed by atoms with Gasteiger partial charge in [-0.2, -0.15) is 0 Å². The fraction of sp³-hybridized carbons (Fsp3) is 0.636. The smallest absolute Gasteiger partial charge is 0.198 e. The van der Waals surface area contributed by atoms with Crippen LogP contribution in [0.25, 0.3) is 0 Å². The lowest BCUT2D eigenvalue weighted by Crippen LogP contribution is -2.18. The van der Waals surface area contributed by atoms with Gasteiger partial charge < -0.3 is 10.3 Å². The molecule has 0 radical (unpaired) electrons. The van der Waals surface area contributed by atoms with E-state index >= 15 is 0 Å². The topological polar surface area (TPSA) is 60.9 Å². The molecule has 1 heterocycles. The molecule has 0 aliphatic carbocycles. The number of nitrogens with zero attached hydrogens (tertiary/aromatic N) is 2. The highest BCUT2D eigenvalue weighted by atomic mass is 16.1. The standard InChI is InChI=1S/C11H19N3O/c1-3-5-14-6-4-13-11(14)10(15)7-9(2)8-12/h4,6,9H,3,5,7-8,12H2,1-2H3. The maximum absolute atomic E-state index is 11.8. The molecule has 0 amide bonds. The molecule has 0 aliphatic rings. The van der Waals surface area contributed by atoms with E-state index in [2.05, 4.69) is 11.9 Å². The van der Waals surface area contributed by atoms with Crippen molar-refractivity contribution in [3.05, 3.63) is 18.2 Å². The number of imidazole rings is 1. The van der Waals surface area contributed by atoms with E-state index in [-0.39, 0.29) is 11.7 Å². The Bertz CT molecular complexity index is 319. The molecule has 2 N–H and O–H groups in total. The van der Waals surface area contributed by atoms with E-state index < -0.39 is 0 Å². The van der Waals surface area contributed by atoms with E-state index in [1.54, 1.807) is 6.20 Å². The normalized spacial score (nSPS) is 12.7. The predicted molar refractivity (Wildman–Crippen MR) is 59.7 cm³/mol. The molecule has 0 bridgehead atoms. The molecule has 4 heteroatoms. The van der Waals surface area contributed by atoms with Gasteiger partial charge in [-0.25, -0.2) is 4.98 Å². The molecule has 0 saturated carbocycles. The number of carbonyl (C=O) groups excluding carboxylic acids is 1. The monoisotopic (exact) mass is 209 g/mol. The Kier molecular flexibility index (Phi) is 4.49. The number of carbonyl (C=O) groups is 1. The van der Waals surface area contributed by atoms with Crippen LogP contribution in [0.5, 0.6) is 0 Å². The van der Waals surface area contributed by atoms with Crippen molar-refractivity contribution in [1.29, 1.82) is 0 Å². The highest BCUT2D eigenvalue weighted by Gasteiger charge is 2.14. The van der Waals surface area contributed by atoms with Crippen LogP contribution in [0.15, 0.2) is 12.4 Å². The van der Waals surface area contributed by atoms with Crippen LogP contribution in [0.2, 0.25) is 0 Å². The van der Waals surface area contributed by atoms with Crippen LogP contribution in [-0.2, 0) is 6.54 Å². The van der Waals surface area contributed by atoms with E-state index in [9.17, 15) is 4.79 Å². The van der Waals surface area contributed by atoms with Gasteiger partial charge in [0.15, 0.2) is 11.6 Å². The third kappa shape index (κ3) is 3.16. The summed E-state index contributed by atoms with van der Waals surface area (Å²) < 4.78 is 1.91.